The van der Waals surface area contributed by atoms with E-state index >= 15 is 0 Å². The number of carbonyl (C=O) groups is 4. The molecule has 0 radical (unpaired) electrons. The molecule has 0 saturated heterocycles. The van der Waals surface area contributed by atoms with Gasteiger partial charge < -0.3 is 20.5 Å². The van der Waals surface area contributed by atoms with Crippen molar-refractivity contribution in [1.82, 2.24) is 10.6 Å². The summed E-state index contributed by atoms with van der Waals surface area (Å²) >= 11 is 3.92. The molecule has 0 aromatic rings. The van der Waals surface area contributed by atoms with E-state index in [0.717, 1.165) is 0 Å². The Kier molecular flexibility index (Phi) is 9.18. The van der Waals surface area contributed by atoms with Crippen LogP contribution in [0.25, 0.3) is 0 Å². The monoisotopic (exact) mass is 306 g/mol. The largest absolute Gasteiger partial charge is 0.480 e. The van der Waals surface area contributed by atoms with Gasteiger partial charge in [0, 0.05) is 18.6 Å². The number of ether oxygens (including phenoxy) is 1. The first-order chi connectivity index (χ1) is 9.40. The molecule has 1 atom stereocenters. The molecule has 0 aromatic heterocycles. The van der Waals surface area contributed by atoms with Crippen LogP contribution in [0, 0.1) is 0 Å². The number of hydrogen-bond acceptors (Lipinski definition) is 6. The van der Waals surface area contributed by atoms with Gasteiger partial charge in [0.1, 0.15) is 12.6 Å². The van der Waals surface area contributed by atoms with E-state index in [4.69, 9.17) is 5.11 Å². The Bertz CT molecular complexity index is 374. The Labute approximate surface area is 121 Å². The van der Waals surface area contributed by atoms with Gasteiger partial charge in [-0.3, -0.25) is 19.2 Å². The number of hydrogen-bond donors (Lipinski definition) is 4. The van der Waals surface area contributed by atoms with Gasteiger partial charge in [-0.1, -0.05) is 0 Å². The number of thiol groups is 1. The lowest BCUT2D eigenvalue weighted by atomic mass is 10.2. The van der Waals surface area contributed by atoms with Crippen molar-refractivity contribution in [2.24, 2.45) is 0 Å². The minimum atomic E-state index is -1.18. The maximum atomic E-state index is 11.5. The van der Waals surface area contributed by atoms with Crippen LogP contribution in [0.15, 0.2) is 0 Å². The number of carbonyl (C=O) groups excluding carboxylic acids is 3. The summed E-state index contributed by atoms with van der Waals surface area (Å²) in [5.74, 6) is -2.60. The minimum Gasteiger partial charge on any atom is -0.480 e. The second-order valence-corrected chi connectivity index (χ2v) is 4.21. The molecule has 0 aromatic carbocycles. The molecule has 2 amide bonds. The third-order valence-corrected chi connectivity index (χ3v) is 2.63. The smallest absolute Gasteiger partial charge is 0.322 e. The Hall–Kier alpha value is -1.77. The van der Waals surface area contributed by atoms with Crippen molar-refractivity contribution in [3.63, 3.8) is 0 Å². The average molecular weight is 306 g/mol. The van der Waals surface area contributed by atoms with Crippen LogP contribution in [0.5, 0.6) is 0 Å². The van der Waals surface area contributed by atoms with Gasteiger partial charge in [0.05, 0.1) is 7.11 Å². The molecular weight excluding hydrogens is 288 g/mol. The highest BCUT2D eigenvalue weighted by Gasteiger charge is 2.19. The molecule has 0 saturated carbocycles. The molecule has 0 aliphatic heterocycles. The first kappa shape index (κ1) is 18.2. The van der Waals surface area contributed by atoms with Crippen molar-refractivity contribution < 1.29 is 29.0 Å². The highest BCUT2D eigenvalue weighted by molar-refractivity contribution is 7.80. The lowest BCUT2D eigenvalue weighted by molar-refractivity contribution is -0.140. The number of amides is 2. The lowest BCUT2D eigenvalue weighted by Gasteiger charge is -2.15. The van der Waals surface area contributed by atoms with Crippen molar-refractivity contribution in [1.29, 1.82) is 0 Å². The summed E-state index contributed by atoms with van der Waals surface area (Å²) in [6.45, 7) is -0.526. The van der Waals surface area contributed by atoms with Crippen molar-refractivity contribution >= 4 is 36.4 Å². The molecule has 0 aliphatic rings. The summed E-state index contributed by atoms with van der Waals surface area (Å²) in [5, 5.41) is 13.0. The van der Waals surface area contributed by atoms with E-state index in [1.807, 2.05) is 0 Å². The van der Waals surface area contributed by atoms with Crippen LogP contribution in [0.4, 0.5) is 0 Å². The number of rotatable bonds is 9. The maximum absolute atomic E-state index is 11.5. The van der Waals surface area contributed by atoms with Gasteiger partial charge in [0.25, 0.3) is 0 Å². The van der Waals surface area contributed by atoms with Crippen LogP contribution in [0.1, 0.15) is 19.3 Å². The zero-order chi connectivity index (χ0) is 15.5. The summed E-state index contributed by atoms with van der Waals surface area (Å²) in [6.07, 6.45) is 0.473. The van der Waals surface area contributed by atoms with Gasteiger partial charge in [0.2, 0.25) is 11.8 Å². The van der Waals surface area contributed by atoms with Gasteiger partial charge in [-0.05, 0) is 6.42 Å². The summed E-state index contributed by atoms with van der Waals surface area (Å²) in [6, 6.07) is -0.914. The molecule has 0 heterocycles. The highest BCUT2D eigenvalue weighted by Crippen LogP contribution is 1.98. The molecule has 0 spiro atoms. The van der Waals surface area contributed by atoms with E-state index in [1.54, 1.807) is 0 Å². The third-order valence-electron chi connectivity index (χ3n) is 2.26. The van der Waals surface area contributed by atoms with E-state index in [2.05, 4.69) is 28.0 Å². The molecule has 8 nitrogen and oxygen atoms in total. The van der Waals surface area contributed by atoms with E-state index in [1.165, 1.54) is 7.11 Å². The Morgan fingerprint density at radius 2 is 1.90 bits per heavy atom. The predicted molar refractivity (Wildman–Crippen MR) is 72.3 cm³/mol. The normalized spacial score (nSPS) is 11.3. The number of methoxy groups -OCH3 is 1. The van der Waals surface area contributed by atoms with Crippen molar-refractivity contribution in [3.8, 4) is 0 Å². The average Bonchev–Trinajstić information content (AvgIpc) is 2.41. The molecular formula is C11H18N2O6S. The molecule has 9 heteroatoms. The standard InChI is InChI=1S/C11H18N2O6S/c1-19-10(17)4-2-3-8(14)13-7(6-20)11(18)12-5-9(15)16/h7,20H,2-6H2,1H3,(H,12,18)(H,13,14)(H,15,16). The number of esters is 1. The molecule has 1 unspecified atom stereocenters. The van der Waals surface area contributed by atoms with E-state index in [9.17, 15) is 19.2 Å². The van der Waals surface area contributed by atoms with Crippen LogP contribution in [0.2, 0.25) is 0 Å². The Balaban J connectivity index is 4.08. The lowest BCUT2D eigenvalue weighted by Crippen LogP contribution is -2.48. The summed E-state index contributed by atoms with van der Waals surface area (Å²) in [4.78, 5) is 44.2. The minimum absolute atomic E-state index is 0.0359. The molecule has 0 aliphatic carbocycles. The molecule has 0 rings (SSSR count). The number of carboxylic acid groups (broad SMARTS) is 1. The zero-order valence-electron chi connectivity index (χ0n) is 11.0. The number of carboxylic acids is 1. The molecule has 3 N–H and O–H groups in total. The zero-order valence-corrected chi connectivity index (χ0v) is 11.9. The van der Waals surface area contributed by atoms with Gasteiger partial charge in [0.15, 0.2) is 0 Å². The van der Waals surface area contributed by atoms with Gasteiger partial charge in [-0.2, -0.15) is 12.6 Å². The topological polar surface area (TPSA) is 122 Å². The van der Waals surface area contributed by atoms with E-state index < -0.39 is 36.3 Å². The second-order valence-electron chi connectivity index (χ2n) is 3.84. The van der Waals surface area contributed by atoms with Crippen LogP contribution in [0.3, 0.4) is 0 Å². The second kappa shape index (κ2) is 10.1. The Morgan fingerprint density at radius 1 is 1.25 bits per heavy atom. The maximum Gasteiger partial charge on any atom is 0.322 e. The first-order valence-corrected chi connectivity index (χ1v) is 6.50. The van der Waals surface area contributed by atoms with Gasteiger partial charge in [-0.25, -0.2) is 0 Å². The highest BCUT2D eigenvalue weighted by atomic mass is 32.1. The van der Waals surface area contributed by atoms with Crippen molar-refractivity contribution in [2.45, 2.75) is 25.3 Å². The first-order valence-electron chi connectivity index (χ1n) is 5.87. The van der Waals surface area contributed by atoms with Crippen molar-refractivity contribution in [3.05, 3.63) is 0 Å². The third kappa shape index (κ3) is 8.35. The van der Waals surface area contributed by atoms with Crippen LogP contribution in [-0.4, -0.2) is 54.3 Å². The predicted octanol–water partition coefficient (Wildman–Crippen LogP) is -1.05. The number of aliphatic carboxylic acids is 1. The quantitative estimate of drug-likeness (QED) is 0.318. The molecule has 0 fully saturated rings. The fraction of sp³-hybridized carbons (Fsp3) is 0.636. The van der Waals surface area contributed by atoms with Crippen LogP contribution < -0.4 is 10.6 Å². The fourth-order valence-electron chi connectivity index (χ4n) is 1.24. The molecule has 114 valence electrons. The van der Waals surface area contributed by atoms with Crippen LogP contribution in [-0.2, 0) is 23.9 Å². The molecule has 0 bridgehead atoms. The fourth-order valence-corrected chi connectivity index (χ4v) is 1.50. The summed E-state index contributed by atoms with van der Waals surface area (Å²) < 4.78 is 4.42. The van der Waals surface area contributed by atoms with Crippen LogP contribution >= 0.6 is 12.6 Å². The number of nitrogens with one attached hydrogen (secondary N) is 2. The Morgan fingerprint density at radius 3 is 2.40 bits per heavy atom. The SMILES string of the molecule is COC(=O)CCCC(=O)NC(CS)C(=O)NCC(=O)O. The summed E-state index contributed by atoms with van der Waals surface area (Å²) in [7, 11) is 1.26. The van der Waals surface area contributed by atoms with E-state index in [0.29, 0.717) is 6.42 Å². The van der Waals surface area contributed by atoms with Gasteiger partial charge >= 0.3 is 11.9 Å². The molecule has 20 heavy (non-hydrogen) atoms. The summed E-state index contributed by atoms with van der Waals surface area (Å²) in [5.41, 5.74) is 0. The van der Waals surface area contributed by atoms with Gasteiger partial charge in [-0.15, -0.1) is 0 Å². The van der Waals surface area contributed by atoms with E-state index in [-0.39, 0.29) is 18.6 Å². The van der Waals surface area contributed by atoms with Crippen molar-refractivity contribution in [2.75, 3.05) is 19.4 Å².